The molecule has 7 nitrogen and oxygen atoms in total. The number of amides is 2. The molecule has 3 aromatic rings. The first-order chi connectivity index (χ1) is 19.2. The van der Waals surface area contributed by atoms with E-state index in [-0.39, 0.29) is 23.4 Å². The van der Waals surface area contributed by atoms with Crippen molar-refractivity contribution < 1.29 is 18.0 Å². The molecule has 3 aromatic carbocycles. The second kappa shape index (κ2) is 13.9. The van der Waals surface area contributed by atoms with E-state index in [0.29, 0.717) is 38.3 Å². The second-order valence-corrected chi connectivity index (χ2v) is 13.2. The lowest BCUT2D eigenvalue weighted by atomic mass is 10.1. The molecule has 0 fully saturated rings. The summed E-state index contributed by atoms with van der Waals surface area (Å²) in [5.74, 6) is -0.904. The van der Waals surface area contributed by atoms with Gasteiger partial charge < -0.3 is 10.2 Å². The maximum absolute atomic E-state index is 14.1. The van der Waals surface area contributed by atoms with Crippen molar-refractivity contribution in [1.82, 2.24) is 10.2 Å². The van der Waals surface area contributed by atoms with Crippen molar-refractivity contribution >= 4 is 62.3 Å². The lowest BCUT2D eigenvalue weighted by molar-refractivity contribution is -0.140. The third-order valence-corrected chi connectivity index (χ3v) is 9.22. The minimum atomic E-state index is -4.19. The maximum Gasteiger partial charge on any atom is 0.264 e. The summed E-state index contributed by atoms with van der Waals surface area (Å²) < 4.78 is 29.1. The largest absolute Gasteiger partial charge is 0.352 e. The molecule has 0 aromatic heterocycles. The summed E-state index contributed by atoms with van der Waals surface area (Å²) in [4.78, 5) is 28.8. The Balaban J connectivity index is 2.11. The molecule has 0 saturated heterocycles. The number of aryl methyl sites for hydroxylation is 2. The number of hydrogen-bond acceptors (Lipinski definition) is 4. The molecule has 41 heavy (non-hydrogen) atoms. The number of nitrogens with one attached hydrogen (secondary N) is 1. The van der Waals surface area contributed by atoms with E-state index in [1.807, 2.05) is 20.8 Å². The molecule has 2 amide bonds. The molecule has 0 bridgehead atoms. The van der Waals surface area contributed by atoms with E-state index in [1.165, 1.54) is 17.0 Å². The molecule has 0 aliphatic carbocycles. The number of carbonyl (C=O) groups excluding carboxylic acids is 2. The molecule has 1 atom stereocenters. The number of hydrogen-bond donors (Lipinski definition) is 1. The van der Waals surface area contributed by atoms with E-state index < -0.39 is 28.5 Å². The van der Waals surface area contributed by atoms with Gasteiger partial charge in [-0.05, 0) is 87.7 Å². The molecule has 0 heterocycles. The van der Waals surface area contributed by atoms with Crippen LogP contribution < -0.4 is 9.62 Å². The zero-order valence-electron chi connectivity index (χ0n) is 23.6. The Kier molecular flexibility index (Phi) is 11.1. The van der Waals surface area contributed by atoms with Gasteiger partial charge in [0.05, 0.1) is 20.6 Å². The fourth-order valence-electron chi connectivity index (χ4n) is 4.38. The molecule has 1 N–H and O–H groups in total. The number of benzene rings is 3. The lowest BCUT2D eigenvalue weighted by Crippen LogP contribution is -2.53. The van der Waals surface area contributed by atoms with Crippen molar-refractivity contribution in [3.63, 3.8) is 0 Å². The average Bonchev–Trinajstić information content (AvgIpc) is 2.89. The molecule has 3 rings (SSSR count). The van der Waals surface area contributed by atoms with E-state index in [2.05, 4.69) is 5.32 Å². The predicted octanol–water partition coefficient (Wildman–Crippen LogP) is 6.79. The van der Waals surface area contributed by atoms with E-state index in [1.54, 1.807) is 62.4 Å². The van der Waals surface area contributed by atoms with Gasteiger partial charge in [-0.25, -0.2) is 8.42 Å². The number of sulfonamides is 1. The smallest absolute Gasteiger partial charge is 0.264 e. The van der Waals surface area contributed by atoms with Crippen molar-refractivity contribution in [3.05, 3.63) is 92.4 Å². The summed E-state index contributed by atoms with van der Waals surface area (Å²) in [6.07, 6.45) is 0.302. The Morgan fingerprint density at radius 2 is 1.56 bits per heavy atom. The SMILES string of the molecule is CCC(C(=O)NC(C)C)N(Cc1ccc(Cl)c(Cl)c1)C(=O)CN(c1ccc(Cl)cc1C)S(=O)(=O)c1ccc(C)cc1. The number of rotatable bonds is 11. The summed E-state index contributed by atoms with van der Waals surface area (Å²) in [6, 6.07) is 15.1. The lowest BCUT2D eigenvalue weighted by Gasteiger charge is -2.34. The van der Waals surface area contributed by atoms with E-state index >= 15 is 0 Å². The normalized spacial score (nSPS) is 12.2. The minimum absolute atomic E-state index is 0.0117. The van der Waals surface area contributed by atoms with E-state index in [4.69, 9.17) is 34.8 Å². The van der Waals surface area contributed by atoms with Crippen molar-refractivity contribution in [3.8, 4) is 0 Å². The predicted molar refractivity (Wildman–Crippen MR) is 166 cm³/mol. The summed E-state index contributed by atoms with van der Waals surface area (Å²) >= 11 is 18.5. The monoisotopic (exact) mass is 637 g/mol. The Bertz CT molecular complexity index is 1510. The summed E-state index contributed by atoms with van der Waals surface area (Å²) in [6.45, 7) is 8.49. The van der Waals surface area contributed by atoms with Crippen LogP contribution in [0.4, 0.5) is 5.69 Å². The van der Waals surface area contributed by atoms with Crippen molar-refractivity contribution in [1.29, 1.82) is 0 Å². The van der Waals surface area contributed by atoms with Crippen molar-refractivity contribution in [2.24, 2.45) is 0 Å². The van der Waals surface area contributed by atoms with Gasteiger partial charge in [-0.3, -0.25) is 13.9 Å². The highest BCUT2D eigenvalue weighted by atomic mass is 35.5. The van der Waals surface area contributed by atoms with Crippen LogP contribution in [0.1, 0.15) is 43.9 Å². The van der Waals surface area contributed by atoms with Crippen LogP contribution in [0.2, 0.25) is 15.1 Å². The van der Waals surface area contributed by atoms with Crippen LogP contribution in [-0.2, 0) is 26.2 Å². The van der Waals surface area contributed by atoms with Gasteiger partial charge in [0.1, 0.15) is 12.6 Å². The standard InChI is InChI=1S/C30H34Cl3N3O4S/c1-6-27(30(38)34-19(2)3)35(17-22-9-13-25(32)26(33)16-22)29(37)18-36(28-14-10-23(31)15-21(28)5)41(39,40)24-11-7-20(4)8-12-24/h7-16,19,27H,6,17-18H2,1-5H3,(H,34,38). The molecule has 220 valence electrons. The Labute approximate surface area is 257 Å². The molecular formula is C30H34Cl3N3O4S. The third-order valence-electron chi connectivity index (χ3n) is 6.47. The van der Waals surface area contributed by atoms with Gasteiger partial charge in [-0.2, -0.15) is 0 Å². The Morgan fingerprint density at radius 3 is 2.12 bits per heavy atom. The molecule has 0 saturated carbocycles. The van der Waals surface area contributed by atoms with Crippen LogP contribution in [0.3, 0.4) is 0 Å². The topological polar surface area (TPSA) is 86.8 Å². The number of carbonyl (C=O) groups is 2. The Hall–Kier alpha value is -2.78. The van der Waals surface area contributed by atoms with Crippen molar-refractivity contribution in [2.45, 2.75) is 64.6 Å². The van der Waals surface area contributed by atoms with Gasteiger partial charge >= 0.3 is 0 Å². The molecule has 11 heteroatoms. The Morgan fingerprint density at radius 1 is 0.902 bits per heavy atom. The zero-order chi connectivity index (χ0) is 30.5. The van der Waals surface area contributed by atoms with Crippen LogP contribution in [0.25, 0.3) is 0 Å². The fraction of sp³-hybridized carbons (Fsp3) is 0.333. The third kappa shape index (κ3) is 8.16. The van der Waals surface area contributed by atoms with Gasteiger partial charge in [0.15, 0.2) is 0 Å². The number of halogens is 3. The van der Waals surface area contributed by atoms with Crippen LogP contribution in [0, 0.1) is 13.8 Å². The van der Waals surface area contributed by atoms with Crippen LogP contribution in [0.15, 0.2) is 65.6 Å². The van der Waals surface area contributed by atoms with E-state index in [0.717, 1.165) is 9.87 Å². The first kappa shape index (κ1) is 32.7. The summed E-state index contributed by atoms with van der Waals surface area (Å²) in [5.41, 5.74) is 2.40. The van der Waals surface area contributed by atoms with Gasteiger partial charge in [-0.15, -0.1) is 0 Å². The second-order valence-electron chi connectivity index (χ2n) is 10.1. The molecule has 0 aliphatic heterocycles. The van der Waals surface area contributed by atoms with E-state index in [9.17, 15) is 18.0 Å². The summed E-state index contributed by atoms with van der Waals surface area (Å²) in [5, 5.41) is 3.96. The number of anilines is 1. The van der Waals surface area contributed by atoms with Crippen molar-refractivity contribution in [2.75, 3.05) is 10.8 Å². The van der Waals surface area contributed by atoms with Gasteiger partial charge in [0, 0.05) is 17.6 Å². The van der Waals surface area contributed by atoms with Gasteiger partial charge in [0.2, 0.25) is 11.8 Å². The zero-order valence-corrected chi connectivity index (χ0v) is 26.7. The van der Waals surface area contributed by atoms with Crippen LogP contribution in [0.5, 0.6) is 0 Å². The molecule has 1 unspecified atom stereocenters. The van der Waals surface area contributed by atoms with Crippen LogP contribution >= 0.6 is 34.8 Å². The number of nitrogens with zero attached hydrogens (tertiary/aromatic N) is 2. The summed E-state index contributed by atoms with van der Waals surface area (Å²) in [7, 11) is -4.19. The molecule has 0 radical (unpaired) electrons. The minimum Gasteiger partial charge on any atom is -0.352 e. The van der Waals surface area contributed by atoms with Crippen LogP contribution in [-0.4, -0.2) is 43.8 Å². The van der Waals surface area contributed by atoms with Gasteiger partial charge in [0.25, 0.3) is 10.0 Å². The maximum atomic E-state index is 14.1. The first-order valence-corrected chi connectivity index (χ1v) is 15.7. The highest BCUT2D eigenvalue weighted by molar-refractivity contribution is 7.92. The molecule has 0 aliphatic rings. The quantitative estimate of drug-likeness (QED) is 0.251. The molecular weight excluding hydrogens is 605 g/mol. The highest BCUT2D eigenvalue weighted by Crippen LogP contribution is 2.30. The first-order valence-electron chi connectivity index (χ1n) is 13.1. The highest BCUT2D eigenvalue weighted by Gasteiger charge is 2.34. The van der Waals surface area contributed by atoms with Gasteiger partial charge in [-0.1, -0.05) is 65.5 Å². The fourth-order valence-corrected chi connectivity index (χ4v) is 6.41. The average molecular weight is 639 g/mol. The molecule has 0 spiro atoms.